The average molecular weight is 398 g/mol. The van der Waals surface area contributed by atoms with Gasteiger partial charge in [0.2, 0.25) is 5.91 Å². The Bertz CT molecular complexity index is 945. The van der Waals surface area contributed by atoms with Crippen molar-refractivity contribution in [2.45, 2.75) is 26.7 Å². The molecule has 146 valence electrons. The van der Waals surface area contributed by atoms with Crippen molar-refractivity contribution >= 4 is 23.1 Å². The van der Waals surface area contributed by atoms with Crippen molar-refractivity contribution in [2.75, 3.05) is 25.0 Å². The number of piperidine rings is 1. The molecule has 4 rings (SSSR count). The highest BCUT2D eigenvalue weighted by molar-refractivity contribution is 7.13. The van der Waals surface area contributed by atoms with Crippen LogP contribution in [0.4, 0.5) is 5.82 Å². The first-order valence-electron chi connectivity index (χ1n) is 9.45. The van der Waals surface area contributed by atoms with E-state index in [1.807, 2.05) is 24.4 Å². The van der Waals surface area contributed by atoms with Gasteiger partial charge in [-0.05, 0) is 50.9 Å². The van der Waals surface area contributed by atoms with Crippen molar-refractivity contribution < 1.29 is 9.21 Å². The number of amides is 1. The van der Waals surface area contributed by atoms with E-state index in [0.717, 1.165) is 42.6 Å². The van der Waals surface area contributed by atoms with Gasteiger partial charge < -0.3 is 9.73 Å². The number of anilines is 1. The van der Waals surface area contributed by atoms with Gasteiger partial charge in [0.25, 0.3) is 0 Å². The molecule has 8 heteroatoms. The molecular formula is C20H23N5O2S. The van der Waals surface area contributed by atoms with Crippen molar-refractivity contribution in [1.82, 2.24) is 19.9 Å². The second-order valence-corrected chi connectivity index (χ2v) is 8.11. The largest absolute Gasteiger partial charge is 0.458 e. The van der Waals surface area contributed by atoms with Crippen LogP contribution in [-0.2, 0) is 4.79 Å². The zero-order valence-electron chi connectivity index (χ0n) is 16.0. The maximum atomic E-state index is 12.6. The molecular weight excluding hydrogens is 374 g/mol. The summed E-state index contributed by atoms with van der Waals surface area (Å²) in [6, 6.07) is 5.45. The van der Waals surface area contributed by atoms with E-state index in [-0.39, 0.29) is 5.91 Å². The first kappa shape index (κ1) is 18.8. The van der Waals surface area contributed by atoms with E-state index in [1.54, 1.807) is 12.3 Å². The number of aryl methyl sites for hydroxylation is 1. The Morgan fingerprint density at radius 3 is 2.82 bits per heavy atom. The summed E-state index contributed by atoms with van der Waals surface area (Å²) in [6.07, 6.45) is 4.00. The van der Waals surface area contributed by atoms with Crippen LogP contribution in [-0.4, -0.2) is 45.4 Å². The Morgan fingerprint density at radius 2 is 2.14 bits per heavy atom. The summed E-state index contributed by atoms with van der Waals surface area (Å²) in [4.78, 5) is 28.1. The van der Waals surface area contributed by atoms with E-state index >= 15 is 0 Å². The van der Waals surface area contributed by atoms with Gasteiger partial charge in [0.1, 0.15) is 22.3 Å². The number of rotatable bonds is 5. The molecule has 0 unspecified atom stereocenters. The number of hydrogen-bond donors (Lipinski definition) is 1. The molecule has 3 aromatic rings. The third kappa shape index (κ3) is 4.45. The van der Waals surface area contributed by atoms with Crippen LogP contribution in [0.2, 0.25) is 0 Å². The smallest absolute Gasteiger partial charge is 0.239 e. The van der Waals surface area contributed by atoms with E-state index < -0.39 is 0 Å². The van der Waals surface area contributed by atoms with Gasteiger partial charge in [-0.2, -0.15) is 0 Å². The second-order valence-electron chi connectivity index (χ2n) is 7.22. The fraction of sp³-hybridized carbons (Fsp3) is 0.400. The Morgan fingerprint density at radius 1 is 1.32 bits per heavy atom. The Kier molecular flexibility index (Phi) is 5.50. The summed E-state index contributed by atoms with van der Waals surface area (Å²) in [7, 11) is 0. The number of hydrogen-bond acceptors (Lipinski definition) is 7. The van der Waals surface area contributed by atoms with Gasteiger partial charge in [-0.3, -0.25) is 9.69 Å². The van der Waals surface area contributed by atoms with E-state index in [2.05, 4.69) is 32.1 Å². The van der Waals surface area contributed by atoms with Crippen LogP contribution in [0.15, 0.2) is 34.2 Å². The summed E-state index contributed by atoms with van der Waals surface area (Å²) in [5.74, 6) is 2.91. The van der Waals surface area contributed by atoms with Gasteiger partial charge in [0.15, 0.2) is 11.6 Å². The summed E-state index contributed by atoms with van der Waals surface area (Å²) < 4.78 is 5.67. The maximum absolute atomic E-state index is 12.6. The van der Waals surface area contributed by atoms with Crippen LogP contribution in [0, 0.1) is 12.8 Å². The molecule has 1 N–H and O–H groups in total. The predicted molar refractivity (Wildman–Crippen MR) is 109 cm³/mol. The molecule has 0 saturated carbocycles. The highest BCUT2D eigenvalue weighted by atomic mass is 32.1. The van der Waals surface area contributed by atoms with E-state index in [4.69, 9.17) is 4.42 Å². The van der Waals surface area contributed by atoms with Crippen LogP contribution in [0.3, 0.4) is 0 Å². The van der Waals surface area contributed by atoms with Crippen molar-refractivity contribution in [3.8, 4) is 22.3 Å². The predicted octanol–water partition coefficient (Wildman–Crippen LogP) is 3.84. The zero-order valence-corrected chi connectivity index (χ0v) is 16.8. The van der Waals surface area contributed by atoms with Gasteiger partial charge in [-0.15, -0.1) is 11.3 Å². The number of thiazole rings is 1. The minimum absolute atomic E-state index is 0.0695. The van der Waals surface area contributed by atoms with E-state index in [1.165, 1.54) is 11.3 Å². The molecule has 0 aliphatic carbocycles. The molecule has 28 heavy (non-hydrogen) atoms. The lowest BCUT2D eigenvalue weighted by Crippen LogP contribution is -2.38. The first-order chi connectivity index (χ1) is 13.6. The van der Waals surface area contributed by atoms with Gasteiger partial charge in [-0.25, -0.2) is 15.0 Å². The molecule has 4 heterocycles. The van der Waals surface area contributed by atoms with Crippen molar-refractivity contribution in [2.24, 2.45) is 5.92 Å². The number of aromatic nitrogens is 3. The highest BCUT2D eigenvalue weighted by Gasteiger charge is 2.19. The first-order valence-corrected chi connectivity index (χ1v) is 10.3. The van der Waals surface area contributed by atoms with Gasteiger partial charge in [0, 0.05) is 17.6 Å². The van der Waals surface area contributed by atoms with E-state index in [0.29, 0.717) is 29.6 Å². The Labute approximate surface area is 167 Å². The third-order valence-electron chi connectivity index (χ3n) is 4.85. The topological polar surface area (TPSA) is 84.2 Å². The van der Waals surface area contributed by atoms with Crippen molar-refractivity contribution in [3.63, 3.8) is 0 Å². The molecule has 1 amide bonds. The van der Waals surface area contributed by atoms with Crippen LogP contribution in [0.25, 0.3) is 22.3 Å². The highest BCUT2D eigenvalue weighted by Crippen LogP contribution is 2.26. The average Bonchev–Trinajstić information content (AvgIpc) is 3.35. The van der Waals surface area contributed by atoms with Gasteiger partial charge in [-0.1, -0.05) is 6.92 Å². The number of carbonyl (C=O) groups is 1. The molecule has 1 aliphatic heterocycles. The van der Waals surface area contributed by atoms with Crippen LogP contribution < -0.4 is 5.32 Å². The summed E-state index contributed by atoms with van der Waals surface area (Å²) in [6.45, 7) is 6.42. The molecule has 3 aromatic heterocycles. The molecule has 7 nitrogen and oxygen atoms in total. The van der Waals surface area contributed by atoms with Crippen molar-refractivity contribution in [1.29, 1.82) is 0 Å². The molecule has 1 aliphatic rings. The lowest BCUT2D eigenvalue weighted by Gasteiger charge is -2.29. The number of nitrogens with zero attached hydrogens (tertiary/aromatic N) is 4. The fourth-order valence-electron chi connectivity index (χ4n) is 3.24. The minimum Gasteiger partial charge on any atom is -0.458 e. The normalized spacial score (nSPS) is 15.6. The molecule has 1 saturated heterocycles. The van der Waals surface area contributed by atoms with Gasteiger partial charge >= 0.3 is 0 Å². The quantitative estimate of drug-likeness (QED) is 0.704. The molecule has 0 spiro atoms. The molecule has 0 bridgehead atoms. The Hall–Kier alpha value is -2.58. The third-order valence-corrected chi connectivity index (χ3v) is 5.64. The SMILES string of the molecule is Cc1ccc(-c2nc(NC(=O)CN3CCC(C)CC3)cc(-c3nccs3)n2)o1. The van der Waals surface area contributed by atoms with Gasteiger partial charge in [0.05, 0.1) is 6.54 Å². The number of furan rings is 1. The Balaban J connectivity index is 1.55. The molecule has 0 radical (unpaired) electrons. The number of likely N-dealkylation sites (tertiary alicyclic amines) is 1. The maximum Gasteiger partial charge on any atom is 0.239 e. The number of nitrogens with one attached hydrogen (secondary N) is 1. The van der Waals surface area contributed by atoms with Crippen LogP contribution in [0.5, 0.6) is 0 Å². The molecule has 1 fully saturated rings. The number of carbonyl (C=O) groups excluding carboxylic acids is 1. The minimum atomic E-state index is -0.0695. The molecule has 0 atom stereocenters. The van der Waals surface area contributed by atoms with Crippen molar-refractivity contribution in [3.05, 3.63) is 35.5 Å². The molecule has 0 aromatic carbocycles. The summed E-state index contributed by atoms with van der Waals surface area (Å²) in [5, 5.41) is 5.59. The summed E-state index contributed by atoms with van der Waals surface area (Å²) >= 11 is 1.49. The van der Waals surface area contributed by atoms with E-state index in [9.17, 15) is 4.79 Å². The zero-order chi connectivity index (χ0) is 19.5. The fourth-order valence-corrected chi connectivity index (χ4v) is 3.84. The summed E-state index contributed by atoms with van der Waals surface area (Å²) in [5.41, 5.74) is 0.663. The van der Waals surface area contributed by atoms with Crippen LogP contribution >= 0.6 is 11.3 Å². The lowest BCUT2D eigenvalue weighted by molar-refractivity contribution is -0.117. The monoisotopic (exact) mass is 397 g/mol. The van der Waals surface area contributed by atoms with Crippen LogP contribution in [0.1, 0.15) is 25.5 Å². The standard InChI is InChI=1S/C20H23N5O2S/c1-13-5-8-25(9-6-13)12-18(26)23-17-11-15(20-21-7-10-28-20)22-19(24-17)16-4-3-14(2)27-16/h3-4,7,10-11,13H,5-6,8-9,12H2,1-2H3,(H,22,23,24,26). The lowest BCUT2D eigenvalue weighted by atomic mass is 9.99. The second kappa shape index (κ2) is 8.20.